The second kappa shape index (κ2) is 5.56. The van der Waals surface area contributed by atoms with E-state index in [1.165, 1.54) is 6.07 Å². The summed E-state index contributed by atoms with van der Waals surface area (Å²) in [6.07, 6.45) is 0. The lowest BCUT2D eigenvalue weighted by atomic mass is 10.2. The number of nitrogens with one attached hydrogen (secondary N) is 1. The number of nitrogens with zero attached hydrogens (tertiary/aromatic N) is 1. The van der Waals surface area contributed by atoms with E-state index in [1.54, 1.807) is 12.1 Å². The number of carbonyl (C=O) groups is 2. The molecule has 0 spiro atoms. The minimum Gasteiger partial charge on any atom is -0.484 e. The number of ether oxygens (including phenoxy) is 1. The van der Waals surface area contributed by atoms with Gasteiger partial charge in [0.25, 0.3) is 11.8 Å². The molecule has 1 unspecified atom stereocenters. The molecular formula is C11H9Cl2N3O3. The van der Waals surface area contributed by atoms with Gasteiger partial charge < -0.3 is 15.8 Å². The molecule has 0 aliphatic carbocycles. The molecule has 1 heterocycles. The zero-order valence-electron chi connectivity index (χ0n) is 9.52. The molecule has 100 valence electrons. The van der Waals surface area contributed by atoms with E-state index in [1.807, 2.05) is 0 Å². The van der Waals surface area contributed by atoms with Gasteiger partial charge in [-0.15, -0.1) is 0 Å². The van der Waals surface area contributed by atoms with E-state index in [9.17, 15) is 9.59 Å². The molecule has 8 heteroatoms. The molecule has 1 aliphatic heterocycles. The van der Waals surface area contributed by atoms with Gasteiger partial charge in [0.1, 0.15) is 12.4 Å². The number of nitrogens with two attached hydrogens (primary N) is 1. The highest BCUT2D eigenvalue weighted by Crippen LogP contribution is 2.27. The Morgan fingerprint density at radius 2 is 2.11 bits per heavy atom. The first-order valence-electron chi connectivity index (χ1n) is 5.23. The average Bonchev–Trinajstić information content (AvgIpc) is 2.34. The molecule has 1 aliphatic rings. The Kier molecular flexibility index (Phi) is 4.04. The largest absolute Gasteiger partial charge is 0.484 e. The molecular weight excluding hydrogens is 293 g/mol. The molecule has 0 bridgehead atoms. The van der Waals surface area contributed by atoms with Gasteiger partial charge in [-0.05, 0) is 18.2 Å². The molecule has 6 nitrogen and oxygen atoms in total. The number of benzene rings is 1. The molecule has 2 rings (SSSR count). The summed E-state index contributed by atoms with van der Waals surface area (Å²) in [4.78, 5) is 26.2. The Morgan fingerprint density at radius 1 is 1.37 bits per heavy atom. The first kappa shape index (κ1) is 13.8. The minimum atomic E-state index is -1.26. The van der Waals surface area contributed by atoms with Crippen LogP contribution in [0, 0.1) is 0 Å². The smallest absolute Gasteiger partial charge is 0.274 e. The van der Waals surface area contributed by atoms with Gasteiger partial charge in [0.05, 0.1) is 5.02 Å². The normalized spacial score (nSPS) is 18.9. The Bertz CT molecular complexity index is 574. The Labute approximate surface area is 118 Å². The lowest BCUT2D eigenvalue weighted by Crippen LogP contribution is -2.53. The van der Waals surface area contributed by atoms with Crippen molar-refractivity contribution >= 4 is 40.9 Å². The maximum absolute atomic E-state index is 11.3. The minimum absolute atomic E-state index is 0.0858. The van der Waals surface area contributed by atoms with Crippen LogP contribution in [-0.4, -0.2) is 30.3 Å². The van der Waals surface area contributed by atoms with Crippen molar-refractivity contribution in [2.75, 3.05) is 6.61 Å². The summed E-state index contributed by atoms with van der Waals surface area (Å²) >= 11 is 11.6. The number of carbonyl (C=O) groups excluding carboxylic acids is 2. The van der Waals surface area contributed by atoms with Crippen molar-refractivity contribution in [3.63, 3.8) is 0 Å². The molecule has 19 heavy (non-hydrogen) atoms. The summed E-state index contributed by atoms with van der Waals surface area (Å²) < 4.78 is 5.33. The summed E-state index contributed by atoms with van der Waals surface area (Å²) in [7, 11) is 0. The second-order valence-electron chi connectivity index (χ2n) is 3.73. The quantitative estimate of drug-likeness (QED) is 0.806. The number of halogens is 2. The Hall–Kier alpha value is -1.63. The fourth-order valence-electron chi connectivity index (χ4n) is 1.37. The fraction of sp³-hybridized carbons (Fsp3) is 0.182. The number of hydrogen-bond donors (Lipinski definition) is 2. The summed E-state index contributed by atoms with van der Waals surface area (Å²) in [5.74, 6) is -0.863. The molecule has 1 aromatic rings. The standard InChI is InChI=1S/C11H9Cl2N3O3/c12-5-1-2-7(6(13)3-5)19-4-8-15-10(17)9(14)11(18)16-8/h1-3,9H,4,14H2,(H,15,16,17,18). The number of amides is 2. The number of amidine groups is 1. The predicted octanol–water partition coefficient (Wildman–Crippen LogP) is 0.754. The van der Waals surface area contributed by atoms with Crippen molar-refractivity contribution in [3.05, 3.63) is 28.2 Å². The van der Waals surface area contributed by atoms with Crippen LogP contribution in [0.15, 0.2) is 23.2 Å². The van der Waals surface area contributed by atoms with Crippen molar-refractivity contribution < 1.29 is 14.3 Å². The molecule has 3 N–H and O–H groups in total. The molecule has 0 aromatic heterocycles. The van der Waals surface area contributed by atoms with Crippen LogP contribution in [0.25, 0.3) is 0 Å². The van der Waals surface area contributed by atoms with E-state index in [4.69, 9.17) is 33.7 Å². The predicted molar refractivity (Wildman–Crippen MR) is 70.5 cm³/mol. The molecule has 0 saturated heterocycles. The van der Waals surface area contributed by atoms with Crippen molar-refractivity contribution in [3.8, 4) is 5.75 Å². The van der Waals surface area contributed by atoms with Crippen LogP contribution in [0.4, 0.5) is 0 Å². The van der Waals surface area contributed by atoms with Crippen LogP contribution in [-0.2, 0) is 9.59 Å². The van der Waals surface area contributed by atoms with Crippen molar-refractivity contribution in [2.24, 2.45) is 10.7 Å². The highest BCUT2D eigenvalue weighted by molar-refractivity contribution is 6.35. The second-order valence-corrected chi connectivity index (χ2v) is 4.57. The summed E-state index contributed by atoms with van der Waals surface area (Å²) in [6, 6.07) is 3.43. The zero-order valence-corrected chi connectivity index (χ0v) is 11.0. The first-order valence-corrected chi connectivity index (χ1v) is 5.98. The van der Waals surface area contributed by atoms with E-state index in [0.717, 1.165) is 0 Å². The monoisotopic (exact) mass is 301 g/mol. The molecule has 0 saturated carbocycles. The number of hydrogen-bond acceptors (Lipinski definition) is 4. The van der Waals surface area contributed by atoms with Gasteiger partial charge >= 0.3 is 0 Å². The molecule has 2 amide bonds. The Balaban J connectivity index is 2.05. The summed E-state index contributed by atoms with van der Waals surface area (Å²) in [6.45, 7) is -0.106. The van der Waals surface area contributed by atoms with Gasteiger partial charge in [-0.25, -0.2) is 0 Å². The van der Waals surface area contributed by atoms with E-state index in [2.05, 4.69) is 10.3 Å². The van der Waals surface area contributed by atoms with Gasteiger partial charge in [0.2, 0.25) is 0 Å². The lowest BCUT2D eigenvalue weighted by Gasteiger charge is -2.17. The SMILES string of the molecule is NC1C(=O)N=C(COc2ccc(Cl)cc2Cl)NC1=O. The van der Waals surface area contributed by atoms with Crippen molar-refractivity contribution in [1.82, 2.24) is 5.32 Å². The average molecular weight is 302 g/mol. The van der Waals surface area contributed by atoms with Crippen LogP contribution < -0.4 is 15.8 Å². The van der Waals surface area contributed by atoms with Gasteiger partial charge in [0.15, 0.2) is 11.9 Å². The third kappa shape index (κ3) is 3.23. The van der Waals surface area contributed by atoms with Crippen LogP contribution in [0.3, 0.4) is 0 Å². The van der Waals surface area contributed by atoms with E-state index >= 15 is 0 Å². The van der Waals surface area contributed by atoms with E-state index < -0.39 is 17.9 Å². The van der Waals surface area contributed by atoms with E-state index in [0.29, 0.717) is 15.8 Å². The van der Waals surface area contributed by atoms with Gasteiger partial charge in [0, 0.05) is 5.02 Å². The van der Waals surface area contributed by atoms with Crippen LogP contribution in [0.1, 0.15) is 0 Å². The summed E-state index contributed by atoms with van der Waals surface area (Å²) in [5.41, 5.74) is 5.29. The van der Waals surface area contributed by atoms with Crippen molar-refractivity contribution in [1.29, 1.82) is 0 Å². The molecule has 1 atom stereocenters. The maximum atomic E-state index is 11.3. The van der Waals surface area contributed by atoms with Gasteiger partial charge in [-0.3, -0.25) is 9.59 Å². The van der Waals surface area contributed by atoms with Crippen LogP contribution >= 0.6 is 23.2 Å². The highest BCUT2D eigenvalue weighted by atomic mass is 35.5. The topological polar surface area (TPSA) is 93.8 Å². The Morgan fingerprint density at radius 3 is 2.74 bits per heavy atom. The number of rotatable bonds is 3. The first-order chi connectivity index (χ1) is 8.97. The number of aliphatic imine (C=N–C) groups is 1. The molecule has 0 fully saturated rings. The molecule has 1 aromatic carbocycles. The van der Waals surface area contributed by atoms with Crippen LogP contribution in [0.2, 0.25) is 10.0 Å². The zero-order chi connectivity index (χ0) is 14.0. The maximum Gasteiger partial charge on any atom is 0.274 e. The van der Waals surface area contributed by atoms with E-state index in [-0.39, 0.29) is 12.4 Å². The molecule has 0 radical (unpaired) electrons. The van der Waals surface area contributed by atoms with Gasteiger partial charge in [-0.2, -0.15) is 4.99 Å². The van der Waals surface area contributed by atoms with Gasteiger partial charge in [-0.1, -0.05) is 23.2 Å². The van der Waals surface area contributed by atoms with Crippen LogP contribution in [0.5, 0.6) is 5.75 Å². The fourth-order valence-corrected chi connectivity index (χ4v) is 1.83. The highest BCUT2D eigenvalue weighted by Gasteiger charge is 2.28. The lowest BCUT2D eigenvalue weighted by molar-refractivity contribution is -0.129. The van der Waals surface area contributed by atoms with Crippen molar-refractivity contribution in [2.45, 2.75) is 6.04 Å². The third-order valence-electron chi connectivity index (χ3n) is 2.32. The summed E-state index contributed by atoms with van der Waals surface area (Å²) in [5, 5.41) is 3.16. The third-order valence-corrected chi connectivity index (χ3v) is 2.85.